The second-order valence-corrected chi connectivity index (χ2v) is 6.28. The average molecular weight is 264 g/mol. The quantitative estimate of drug-likeness (QED) is 0.833. The summed E-state index contributed by atoms with van der Waals surface area (Å²) in [6, 6.07) is 0.235. The van der Waals surface area contributed by atoms with Gasteiger partial charge in [0.15, 0.2) is 0 Å². The Bertz CT molecular complexity index is 472. The lowest BCUT2D eigenvalue weighted by Gasteiger charge is -2.34. The van der Waals surface area contributed by atoms with Crippen molar-refractivity contribution in [2.75, 3.05) is 19.6 Å². The van der Waals surface area contributed by atoms with Crippen LogP contribution in [0.15, 0.2) is 6.20 Å². The normalized spacial score (nSPS) is 20.7. The van der Waals surface area contributed by atoms with E-state index in [0.717, 1.165) is 30.9 Å². The van der Waals surface area contributed by atoms with Gasteiger partial charge in [0.1, 0.15) is 0 Å². The molecule has 0 saturated carbocycles. The number of rotatable bonds is 1. The maximum absolute atomic E-state index is 12.6. The zero-order chi connectivity index (χ0) is 14.2. The molecule has 1 aliphatic rings. The van der Waals surface area contributed by atoms with E-state index in [1.165, 1.54) is 0 Å². The van der Waals surface area contributed by atoms with Crippen molar-refractivity contribution in [3.63, 3.8) is 0 Å². The van der Waals surface area contributed by atoms with Crippen molar-refractivity contribution in [3.05, 3.63) is 17.5 Å². The van der Waals surface area contributed by atoms with Crippen molar-refractivity contribution in [3.8, 4) is 0 Å². The Morgan fingerprint density at radius 2 is 2.16 bits per heavy atom. The smallest absolute Gasteiger partial charge is 0.257 e. The highest BCUT2D eigenvalue weighted by molar-refractivity contribution is 5.95. The van der Waals surface area contributed by atoms with Gasteiger partial charge in [-0.05, 0) is 34.6 Å². The van der Waals surface area contributed by atoms with Crippen molar-refractivity contribution >= 4 is 5.91 Å². The van der Waals surface area contributed by atoms with E-state index < -0.39 is 0 Å². The van der Waals surface area contributed by atoms with Crippen LogP contribution in [0.25, 0.3) is 0 Å². The molecule has 106 valence electrons. The first-order valence-corrected chi connectivity index (χ1v) is 6.89. The summed E-state index contributed by atoms with van der Waals surface area (Å²) in [6.07, 6.45) is 1.71. The molecule has 0 bridgehead atoms. The Labute approximate surface area is 115 Å². The molecule has 0 aromatic carbocycles. The first kappa shape index (κ1) is 14.1. The monoisotopic (exact) mass is 264 g/mol. The van der Waals surface area contributed by atoms with Gasteiger partial charge in [0, 0.05) is 31.4 Å². The van der Waals surface area contributed by atoms with Gasteiger partial charge in [-0.25, -0.2) is 0 Å². The largest absolute Gasteiger partial charge is 0.333 e. The summed E-state index contributed by atoms with van der Waals surface area (Å²) in [5, 5.41) is 7.68. The van der Waals surface area contributed by atoms with Crippen molar-refractivity contribution < 1.29 is 4.79 Å². The van der Waals surface area contributed by atoms with E-state index in [1.807, 2.05) is 16.5 Å². The molecule has 1 saturated heterocycles. The summed E-state index contributed by atoms with van der Waals surface area (Å²) in [6.45, 7) is 12.8. The van der Waals surface area contributed by atoms with E-state index >= 15 is 0 Å². The number of piperazine rings is 1. The van der Waals surface area contributed by atoms with Crippen LogP contribution in [0.4, 0.5) is 0 Å². The SMILES string of the molecule is Cc1c(C(=O)N2CCNCC2C)cnn1C(C)(C)C. The number of nitrogens with zero attached hydrogens (tertiary/aromatic N) is 3. The Kier molecular flexibility index (Phi) is 3.67. The molecule has 5 nitrogen and oxygen atoms in total. The van der Waals surface area contributed by atoms with Crippen LogP contribution in [0.5, 0.6) is 0 Å². The zero-order valence-corrected chi connectivity index (χ0v) is 12.5. The Hall–Kier alpha value is -1.36. The van der Waals surface area contributed by atoms with E-state index in [0.29, 0.717) is 0 Å². The third kappa shape index (κ3) is 2.66. The molecule has 19 heavy (non-hydrogen) atoms. The van der Waals surface area contributed by atoms with Crippen LogP contribution >= 0.6 is 0 Å². The van der Waals surface area contributed by atoms with Crippen molar-refractivity contribution in [1.29, 1.82) is 0 Å². The minimum absolute atomic E-state index is 0.0991. The highest BCUT2D eigenvalue weighted by Gasteiger charge is 2.28. The van der Waals surface area contributed by atoms with Crippen LogP contribution < -0.4 is 5.32 Å². The number of carbonyl (C=O) groups excluding carboxylic acids is 1. The van der Waals surface area contributed by atoms with Crippen LogP contribution in [-0.2, 0) is 5.54 Å². The fraction of sp³-hybridized carbons (Fsp3) is 0.714. The van der Waals surface area contributed by atoms with Crippen molar-refractivity contribution in [2.45, 2.75) is 46.2 Å². The fourth-order valence-electron chi connectivity index (χ4n) is 2.59. The van der Waals surface area contributed by atoms with Crippen molar-refractivity contribution in [2.24, 2.45) is 0 Å². The number of hydrogen-bond acceptors (Lipinski definition) is 3. The predicted molar refractivity (Wildman–Crippen MR) is 75.3 cm³/mol. The third-order valence-electron chi connectivity index (χ3n) is 3.64. The Balaban J connectivity index is 2.27. The minimum atomic E-state index is -0.0995. The van der Waals surface area contributed by atoms with Crippen LogP contribution in [0.2, 0.25) is 0 Å². The molecule has 2 rings (SSSR count). The van der Waals surface area contributed by atoms with E-state index in [9.17, 15) is 4.79 Å². The molecule has 1 unspecified atom stereocenters. The number of nitrogens with one attached hydrogen (secondary N) is 1. The van der Waals surface area contributed by atoms with E-state index in [-0.39, 0.29) is 17.5 Å². The zero-order valence-electron chi connectivity index (χ0n) is 12.5. The topological polar surface area (TPSA) is 50.2 Å². The molecule has 1 fully saturated rings. The van der Waals surface area contributed by atoms with Gasteiger partial charge in [0.05, 0.1) is 17.3 Å². The van der Waals surface area contributed by atoms with Gasteiger partial charge in [-0.3, -0.25) is 9.48 Å². The van der Waals surface area contributed by atoms with Gasteiger partial charge in [-0.15, -0.1) is 0 Å². The second-order valence-electron chi connectivity index (χ2n) is 6.28. The Morgan fingerprint density at radius 1 is 1.47 bits per heavy atom. The van der Waals surface area contributed by atoms with Gasteiger partial charge in [-0.2, -0.15) is 5.10 Å². The molecular weight excluding hydrogens is 240 g/mol. The summed E-state index contributed by atoms with van der Waals surface area (Å²) in [5.41, 5.74) is 1.57. The van der Waals surface area contributed by atoms with Crippen molar-refractivity contribution in [1.82, 2.24) is 20.0 Å². The van der Waals surface area contributed by atoms with Crippen LogP contribution in [0.3, 0.4) is 0 Å². The number of carbonyl (C=O) groups is 1. The second kappa shape index (κ2) is 4.96. The van der Waals surface area contributed by atoms with E-state index in [2.05, 4.69) is 38.1 Å². The average Bonchev–Trinajstić information content (AvgIpc) is 2.70. The lowest BCUT2D eigenvalue weighted by Crippen LogP contribution is -2.52. The molecule has 1 amide bonds. The van der Waals surface area contributed by atoms with E-state index in [4.69, 9.17) is 0 Å². The third-order valence-corrected chi connectivity index (χ3v) is 3.64. The minimum Gasteiger partial charge on any atom is -0.333 e. The number of hydrogen-bond donors (Lipinski definition) is 1. The molecule has 1 N–H and O–H groups in total. The maximum atomic E-state index is 12.6. The first-order chi connectivity index (χ1) is 8.82. The molecule has 0 aliphatic carbocycles. The van der Waals surface area contributed by atoms with Gasteiger partial charge >= 0.3 is 0 Å². The summed E-state index contributed by atoms with van der Waals surface area (Å²) >= 11 is 0. The molecule has 1 aromatic heterocycles. The number of amides is 1. The van der Waals surface area contributed by atoms with Crippen LogP contribution in [0, 0.1) is 6.92 Å². The van der Waals surface area contributed by atoms with Gasteiger partial charge < -0.3 is 10.2 Å². The molecule has 2 heterocycles. The summed E-state index contributed by atoms with van der Waals surface area (Å²) < 4.78 is 1.92. The highest BCUT2D eigenvalue weighted by atomic mass is 16.2. The first-order valence-electron chi connectivity index (χ1n) is 6.89. The summed E-state index contributed by atoms with van der Waals surface area (Å²) in [5.74, 6) is 0.0991. The molecular formula is C14H24N4O. The summed E-state index contributed by atoms with van der Waals surface area (Å²) in [7, 11) is 0. The van der Waals surface area contributed by atoms with Crippen LogP contribution in [0.1, 0.15) is 43.7 Å². The molecule has 1 aliphatic heterocycles. The molecule has 1 aromatic rings. The van der Waals surface area contributed by atoms with Gasteiger partial charge in [-0.1, -0.05) is 0 Å². The van der Waals surface area contributed by atoms with Gasteiger partial charge in [0.2, 0.25) is 0 Å². The Morgan fingerprint density at radius 3 is 2.68 bits per heavy atom. The standard InChI is InChI=1S/C14H24N4O/c1-10-8-15-6-7-17(10)13(19)12-9-16-18(11(12)2)14(3,4)5/h9-10,15H,6-8H2,1-5H3. The lowest BCUT2D eigenvalue weighted by molar-refractivity contribution is 0.0654. The predicted octanol–water partition coefficient (Wildman–Crippen LogP) is 1.38. The molecule has 0 spiro atoms. The van der Waals surface area contributed by atoms with E-state index in [1.54, 1.807) is 6.20 Å². The van der Waals surface area contributed by atoms with Crippen LogP contribution in [-0.4, -0.2) is 46.3 Å². The highest BCUT2D eigenvalue weighted by Crippen LogP contribution is 2.20. The maximum Gasteiger partial charge on any atom is 0.257 e. The van der Waals surface area contributed by atoms with Gasteiger partial charge in [0.25, 0.3) is 5.91 Å². The summed E-state index contributed by atoms with van der Waals surface area (Å²) in [4.78, 5) is 14.6. The molecule has 1 atom stereocenters. The lowest BCUT2D eigenvalue weighted by atomic mass is 10.1. The number of aromatic nitrogens is 2. The molecule has 0 radical (unpaired) electrons. The molecule has 5 heteroatoms. The fourth-order valence-corrected chi connectivity index (χ4v) is 2.59.